The van der Waals surface area contributed by atoms with Crippen molar-refractivity contribution in [3.8, 4) is 0 Å². The van der Waals surface area contributed by atoms with Crippen LogP contribution in [0.3, 0.4) is 0 Å². The lowest BCUT2D eigenvalue weighted by atomic mass is 10.2. The number of amides is 3. The molecule has 0 spiro atoms. The summed E-state index contributed by atoms with van der Waals surface area (Å²) < 4.78 is 0. The third-order valence-electron chi connectivity index (χ3n) is 1.81. The van der Waals surface area contributed by atoms with E-state index in [0.717, 1.165) is 0 Å². The van der Waals surface area contributed by atoms with Crippen LogP contribution in [-0.2, 0) is 9.59 Å². The van der Waals surface area contributed by atoms with Gasteiger partial charge in [0.05, 0.1) is 0 Å². The molecule has 1 aliphatic heterocycles. The first kappa shape index (κ1) is 9.50. The van der Waals surface area contributed by atoms with Crippen molar-refractivity contribution in [2.24, 2.45) is 0 Å². The summed E-state index contributed by atoms with van der Waals surface area (Å²) in [6.45, 7) is 1.17. The van der Waals surface area contributed by atoms with E-state index in [-0.39, 0.29) is 0 Å². The molecule has 1 unspecified atom stereocenters. The minimum atomic E-state index is -1.19. The Morgan fingerprint density at radius 1 is 1.62 bits per heavy atom. The molecule has 1 heterocycles. The molecule has 0 radical (unpaired) electrons. The van der Waals surface area contributed by atoms with Gasteiger partial charge in [-0.1, -0.05) is 6.92 Å². The van der Waals surface area contributed by atoms with E-state index < -0.39 is 30.5 Å². The maximum Gasteiger partial charge on any atom is 0.325 e. The number of carboxylic acid groups (broad SMARTS) is 1. The van der Waals surface area contributed by atoms with Crippen LogP contribution in [0.1, 0.15) is 13.3 Å². The summed E-state index contributed by atoms with van der Waals surface area (Å²) in [6, 6.07) is -1.19. The second kappa shape index (κ2) is 3.42. The predicted octanol–water partition coefficient (Wildman–Crippen LogP) is -0.599. The van der Waals surface area contributed by atoms with Crippen LogP contribution < -0.4 is 5.32 Å². The zero-order chi connectivity index (χ0) is 10.0. The summed E-state index contributed by atoms with van der Waals surface area (Å²) in [6.07, 6.45) is 0.473. The molecule has 13 heavy (non-hydrogen) atoms. The van der Waals surface area contributed by atoms with Gasteiger partial charge in [-0.15, -0.1) is 0 Å². The summed E-state index contributed by atoms with van der Waals surface area (Å²) in [5.41, 5.74) is 0. The number of rotatable bonds is 3. The SMILES string of the molecule is CCC1NC(=O)N(CC(=O)O)C1=O. The molecule has 0 aromatic rings. The number of nitrogens with one attached hydrogen (secondary N) is 1. The van der Waals surface area contributed by atoms with Gasteiger partial charge < -0.3 is 10.4 Å². The fourth-order valence-electron chi connectivity index (χ4n) is 1.14. The first-order valence-corrected chi connectivity index (χ1v) is 3.90. The van der Waals surface area contributed by atoms with Crippen LogP contribution in [0, 0.1) is 0 Å². The van der Waals surface area contributed by atoms with E-state index in [0.29, 0.717) is 11.3 Å². The van der Waals surface area contributed by atoms with E-state index in [4.69, 9.17) is 5.11 Å². The van der Waals surface area contributed by atoms with Gasteiger partial charge in [-0.3, -0.25) is 14.5 Å². The molecular formula is C7H10N2O4. The minimum Gasteiger partial charge on any atom is -0.480 e. The van der Waals surface area contributed by atoms with E-state index in [1.807, 2.05) is 0 Å². The number of carboxylic acids is 1. The zero-order valence-corrected chi connectivity index (χ0v) is 7.11. The van der Waals surface area contributed by atoms with Crippen LogP contribution >= 0.6 is 0 Å². The normalized spacial score (nSPS) is 21.9. The van der Waals surface area contributed by atoms with Gasteiger partial charge in [-0.05, 0) is 6.42 Å². The molecule has 6 heteroatoms. The van der Waals surface area contributed by atoms with Gasteiger partial charge in [0.15, 0.2) is 0 Å². The second-order valence-corrected chi connectivity index (χ2v) is 2.73. The topological polar surface area (TPSA) is 86.7 Å². The first-order valence-electron chi connectivity index (χ1n) is 3.90. The van der Waals surface area contributed by atoms with Gasteiger partial charge >= 0.3 is 12.0 Å². The second-order valence-electron chi connectivity index (χ2n) is 2.73. The van der Waals surface area contributed by atoms with Crippen LogP contribution in [0.5, 0.6) is 0 Å². The van der Waals surface area contributed by atoms with Crippen molar-refractivity contribution in [2.75, 3.05) is 6.54 Å². The Morgan fingerprint density at radius 3 is 2.62 bits per heavy atom. The third kappa shape index (κ3) is 1.77. The monoisotopic (exact) mass is 186 g/mol. The standard InChI is InChI=1S/C7H10N2O4/c1-2-4-6(12)9(3-5(10)11)7(13)8-4/h4H,2-3H2,1H3,(H,8,13)(H,10,11). The molecule has 1 saturated heterocycles. The third-order valence-corrected chi connectivity index (χ3v) is 1.81. The summed E-state index contributed by atoms with van der Waals surface area (Å²) in [5.74, 6) is -1.66. The highest BCUT2D eigenvalue weighted by Gasteiger charge is 2.37. The Balaban J connectivity index is 2.70. The highest BCUT2D eigenvalue weighted by molar-refractivity contribution is 6.05. The van der Waals surface area contributed by atoms with Crippen LogP contribution in [-0.4, -0.2) is 40.5 Å². The lowest BCUT2D eigenvalue weighted by Gasteiger charge is -2.08. The van der Waals surface area contributed by atoms with Gasteiger partial charge in [0.2, 0.25) is 0 Å². The molecule has 0 bridgehead atoms. The van der Waals surface area contributed by atoms with Gasteiger partial charge in [-0.2, -0.15) is 0 Å². The molecule has 1 rings (SSSR count). The van der Waals surface area contributed by atoms with Gasteiger partial charge in [0.25, 0.3) is 5.91 Å². The number of aliphatic carboxylic acids is 1. The lowest BCUT2D eigenvalue weighted by Crippen LogP contribution is -2.35. The fraction of sp³-hybridized carbons (Fsp3) is 0.571. The number of carbonyl (C=O) groups is 3. The molecular weight excluding hydrogens is 176 g/mol. The highest BCUT2D eigenvalue weighted by atomic mass is 16.4. The molecule has 2 N–H and O–H groups in total. The number of carbonyl (C=O) groups excluding carboxylic acids is 2. The van der Waals surface area contributed by atoms with Crippen LogP contribution in [0.4, 0.5) is 4.79 Å². The maximum atomic E-state index is 11.3. The molecule has 3 amide bonds. The molecule has 72 valence electrons. The number of imide groups is 1. The van der Waals surface area contributed by atoms with E-state index in [1.165, 1.54) is 0 Å². The molecule has 1 fully saturated rings. The van der Waals surface area contributed by atoms with E-state index in [2.05, 4.69) is 5.32 Å². The van der Waals surface area contributed by atoms with E-state index >= 15 is 0 Å². The average Bonchev–Trinajstić information content (AvgIpc) is 2.31. The van der Waals surface area contributed by atoms with Crippen LogP contribution in [0.15, 0.2) is 0 Å². The Hall–Kier alpha value is -1.59. The van der Waals surface area contributed by atoms with Crippen molar-refractivity contribution in [1.29, 1.82) is 0 Å². The van der Waals surface area contributed by atoms with Crippen molar-refractivity contribution in [2.45, 2.75) is 19.4 Å². The average molecular weight is 186 g/mol. The smallest absolute Gasteiger partial charge is 0.325 e. The van der Waals surface area contributed by atoms with Crippen molar-refractivity contribution >= 4 is 17.9 Å². The summed E-state index contributed by atoms with van der Waals surface area (Å²) in [7, 11) is 0. The minimum absolute atomic E-state index is 0.463. The number of nitrogens with zero attached hydrogens (tertiary/aromatic N) is 1. The summed E-state index contributed by atoms with van der Waals surface area (Å²) in [5, 5.41) is 10.8. The van der Waals surface area contributed by atoms with Crippen LogP contribution in [0.2, 0.25) is 0 Å². The first-order chi connectivity index (χ1) is 6.06. The molecule has 0 aromatic carbocycles. The lowest BCUT2D eigenvalue weighted by molar-refractivity contribution is -0.141. The summed E-state index contributed by atoms with van der Waals surface area (Å²) >= 11 is 0. The number of hydrogen-bond acceptors (Lipinski definition) is 3. The van der Waals surface area contributed by atoms with E-state index in [9.17, 15) is 14.4 Å². The number of urea groups is 1. The number of hydrogen-bond donors (Lipinski definition) is 2. The van der Waals surface area contributed by atoms with Gasteiger partial charge in [-0.25, -0.2) is 4.79 Å². The van der Waals surface area contributed by atoms with Crippen molar-refractivity contribution in [3.05, 3.63) is 0 Å². The highest BCUT2D eigenvalue weighted by Crippen LogP contribution is 2.08. The Labute approximate surface area is 74.5 Å². The van der Waals surface area contributed by atoms with E-state index in [1.54, 1.807) is 6.92 Å². The summed E-state index contributed by atoms with van der Waals surface area (Å²) in [4.78, 5) is 33.3. The molecule has 1 aliphatic rings. The largest absolute Gasteiger partial charge is 0.480 e. The van der Waals surface area contributed by atoms with Crippen LogP contribution in [0.25, 0.3) is 0 Å². The Bertz CT molecular complexity index is 263. The fourth-order valence-corrected chi connectivity index (χ4v) is 1.14. The molecule has 0 aliphatic carbocycles. The maximum absolute atomic E-state index is 11.3. The zero-order valence-electron chi connectivity index (χ0n) is 7.11. The van der Waals surface area contributed by atoms with Gasteiger partial charge in [0.1, 0.15) is 12.6 Å². The van der Waals surface area contributed by atoms with Crippen molar-refractivity contribution < 1.29 is 19.5 Å². The Kier molecular flexibility index (Phi) is 2.50. The quantitative estimate of drug-likeness (QED) is 0.576. The van der Waals surface area contributed by atoms with Crippen molar-refractivity contribution in [1.82, 2.24) is 10.2 Å². The molecule has 0 saturated carbocycles. The molecule has 1 atom stereocenters. The predicted molar refractivity (Wildman–Crippen MR) is 42.0 cm³/mol. The van der Waals surface area contributed by atoms with Crippen molar-refractivity contribution in [3.63, 3.8) is 0 Å². The Morgan fingerprint density at radius 2 is 2.23 bits per heavy atom. The molecule has 0 aromatic heterocycles. The van der Waals surface area contributed by atoms with Gasteiger partial charge in [0, 0.05) is 0 Å². The molecule has 6 nitrogen and oxygen atoms in total.